The Kier molecular flexibility index (Phi) is 1.97. The maximum atomic E-state index is 5.89. The van der Waals surface area contributed by atoms with Crippen molar-refractivity contribution in [3.05, 3.63) is 33.1 Å². The molecule has 3 rings (SSSR count). The summed E-state index contributed by atoms with van der Waals surface area (Å²) < 4.78 is 5.82. The third-order valence-electron chi connectivity index (χ3n) is 2.59. The fourth-order valence-corrected chi connectivity index (χ4v) is 3.07. The third kappa shape index (κ3) is 1.34. The molecule has 1 aromatic carbocycles. The van der Waals surface area contributed by atoms with Gasteiger partial charge >= 0.3 is 0 Å². The van der Waals surface area contributed by atoms with Crippen molar-refractivity contribution in [2.75, 3.05) is 7.11 Å². The fraction of sp³-hybridized carbons (Fsp3) is 0.182. The summed E-state index contributed by atoms with van der Waals surface area (Å²) in [4.78, 5) is 5.59. The molecule has 0 saturated carbocycles. The van der Waals surface area contributed by atoms with Gasteiger partial charge in [-0.2, -0.15) is 0 Å². The summed E-state index contributed by atoms with van der Waals surface area (Å²) in [6.45, 7) is 0. The highest BCUT2D eigenvalue weighted by molar-refractivity contribution is 7.16. The van der Waals surface area contributed by atoms with Gasteiger partial charge in [0.2, 0.25) is 0 Å². The summed E-state index contributed by atoms with van der Waals surface area (Å²) in [5, 5.41) is 0. The van der Waals surface area contributed by atoms with Crippen LogP contribution in [0.3, 0.4) is 0 Å². The highest BCUT2D eigenvalue weighted by Gasteiger charge is 2.23. The molecular formula is C11H8ClNOS. The zero-order valence-corrected chi connectivity index (χ0v) is 9.65. The van der Waals surface area contributed by atoms with Crippen LogP contribution in [0.1, 0.15) is 10.4 Å². The number of thiazole rings is 1. The summed E-state index contributed by atoms with van der Waals surface area (Å²) in [6.07, 6.45) is 0.943. The molecule has 0 unspecified atom stereocenters. The molecule has 0 saturated heterocycles. The van der Waals surface area contributed by atoms with Crippen molar-refractivity contribution in [1.29, 1.82) is 0 Å². The molecule has 76 valence electrons. The van der Waals surface area contributed by atoms with Gasteiger partial charge in [0.1, 0.15) is 5.75 Å². The molecule has 2 aromatic rings. The van der Waals surface area contributed by atoms with Gasteiger partial charge < -0.3 is 4.74 Å². The molecule has 0 radical (unpaired) electrons. The zero-order valence-electron chi connectivity index (χ0n) is 8.08. The van der Waals surface area contributed by atoms with Gasteiger partial charge in [0, 0.05) is 16.9 Å². The molecule has 1 heterocycles. The van der Waals surface area contributed by atoms with Crippen LogP contribution < -0.4 is 4.74 Å². The number of methoxy groups -OCH3 is 1. The molecule has 1 aliphatic carbocycles. The lowest BCUT2D eigenvalue weighted by atomic mass is 10.1. The summed E-state index contributed by atoms with van der Waals surface area (Å²) in [6, 6.07) is 6.10. The lowest BCUT2D eigenvalue weighted by molar-refractivity contribution is 0.415. The predicted molar refractivity (Wildman–Crippen MR) is 61.9 cm³/mol. The van der Waals surface area contributed by atoms with Crippen molar-refractivity contribution in [2.45, 2.75) is 6.42 Å². The Morgan fingerprint density at radius 2 is 2.33 bits per heavy atom. The fourth-order valence-electron chi connectivity index (χ4n) is 1.88. The second kappa shape index (κ2) is 3.22. The van der Waals surface area contributed by atoms with Gasteiger partial charge in [-0.15, -0.1) is 11.3 Å². The summed E-state index contributed by atoms with van der Waals surface area (Å²) in [7, 11) is 1.67. The number of hydrogen-bond donors (Lipinski definition) is 0. The van der Waals surface area contributed by atoms with E-state index < -0.39 is 0 Å². The third-order valence-corrected chi connectivity index (χ3v) is 3.75. The van der Waals surface area contributed by atoms with Crippen LogP contribution in [0.4, 0.5) is 0 Å². The van der Waals surface area contributed by atoms with E-state index in [-0.39, 0.29) is 0 Å². The topological polar surface area (TPSA) is 22.1 Å². The lowest BCUT2D eigenvalue weighted by Crippen LogP contribution is -1.85. The van der Waals surface area contributed by atoms with Crippen LogP contribution in [-0.4, -0.2) is 12.1 Å². The average Bonchev–Trinajstić information content (AvgIpc) is 2.73. The largest absolute Gasteiger partial charge is 0.497 e. The van der Waals surface area contributed by atoms with E-state index in [9.17, 15) is 0 Å². The molecule has 1 aliphatic rings. The lowest BCUT2D eigenvalue weighted by Gasteiger charge is -2.02. The standard InChI is InChI=1S/C11H8ClNOS/c1-14-7-3-2-6-4-9-10(8(6)5-7)13-11(12)15-9/h2-3,5H,4H2,1H3. The minimum absolute atomic E-state index is 0.619. The van der Waals surface area contributed by atoms with E-state index in [2.05, 4.69) is 11.1 Å². The number of rotatable bonds is 1. The first-order chi connectivity index (χ1) is 7.28. The SMILES string of the molecule is COc1ccc2c(c1)-c1nc(Cl)sc1C2. The second-order valence-electron chi connectivity index (χ2n) is 3.44. The summed E-state index contributed by atoms with van der Waals surface area (Å²) in [5.41, 5.74) is 3.49. The van der Waals surface area contributed by atoms with E-state index in [4.69, 9.17) is 16.3 Å². The smallest absolute Gasteiger partial charge is 0.184 e. The zero-order chi connectivity index (χ0) is 10.4. The molecule has 0 N–H and O–H groups in total. The van der Waals surface area contributed by atoms with Crippen molar-refractivity contribution in [1.82, 2.24) is 4.98 Å². The number of nitrogens with zero attached hydrogens (tertiary/aromatic N) is 1. The molecule has 1 aromatic heterocycles. The van der Waals surface area contributed by atoms with E-state index in [1.807, 2.05) is 12.1 Å². The van der Waals surface area contributed by atoms with E-state index >= 15 is 0 Å². The molecule has 0 amide bonds. The van der Waals surface area contributed by atoms with E-state index in [0.717, 1.165) is 23.4 Å². The van der Waals surface area contributed by atoms with Crippen molar-refractivity contribution in [2.24, 2.45) is 0 Å². The van der Waals surface area contributed by atoms with Crippen LogP contribution in [0, 0.1) is 0 Å². The number of aromatic nitrogens is 1. The molecule has 4 heteroatoms. The highest BCUT2D eigenvalue weighted by Crippen LogP contribution is 2.41. The van der Waals surface area contributed by atoms with Gasteiger partial charge in [-0.25, -0.2) is 4.98 Å². The Hall–Kier alpha value is -1.06. The monoisotopic (exact) mass is 237 g/mol. The Morgan fingerprint density at radius 3 is 3.13 bits per heavy atom. The normalized spacial score (nSPS) is 12.4. The molecule has 0 spiro atoms. The number of fused-ring (bicyclic) bond motifs is 3. The molecule has 0 aliphatic heterocycles. The first-order valence-electron chi connectivity index (χ1n) is 4.60. The van der Waals surface area contributed by atoms with E-state index in [1.54, 1.807) is 18.4 Å². The summed E-state index contributed by atoms with van der Waals surface area (Å²) >= 11 is 7.46. The molecule has 0 fully saturated rings. The van der Waals surface area contributed by atoms with Crippen LogP contribution in [-0.2, 0) is 6.42 Å². The number of halogens is 1. The quantitative estimate of drug-likeness (QED) is 0.647. The van der Waals surface area contributed by atoms with Crippen LogP contribution in [0.25, 0.3) is 11.3 Å². The molecular weight excluding hydrogens is 230 g/mol. The first-order valence-corrected chi connectivity index (χ1v) is 5.80. The van der Waals surface area contributed by atoms with Crippen LogP contribution in [0.5, 0.6) is 5.75 Å². The van der Waals surface area contributed by atoms with Crippen molar-refractivity contribution < 1.29 is 4.74 Å². The maximum Gasteiger partial charge on any atom is 0.184 e. The van der Waals surface area contributed by atoms with Crippen molar-refractivity contribution in [3.8, 4) is 17.0 Å². The summed E-state index contributed by atoms with van der Waals surface area (Å²) in [5.74, 6) is 0.866. The first kappa shape index (κ1) is 9.19. The number of hydrogen-bond acceptors (Lipinski definition) is 3. The van der Waals surface area contributed by atoms with Gasteiger partial charge in [-0.3, -0.25) is 0 Å². The van der Waals surface area contributed by atoms with Gasteiger partial charge in [0.05, 0.1) is 12.8 Å². The Bertz CT molecular complexity index is 535. The van der Waals surface area contributed by atoms with Crippen LogP contribution >= 0.6 is 22.9 Å². The molecule has 0 bridgehead atoms. The van der Waals surface area contributed by atoms with E-state index in [1.165, 1.54) is 10.4 Å². The van der Waals surface area contributed by atoms with Gasteiger partial charge in [0.15, 0.2) is 4.47 Å². The Balaban J connectivity index is 2.20. The highest BCUT2D eigenvalue weighted by atomic mass is 35.5. The van der Waals surface area contributed by atoms with Gasteiger partial charge in [-0.1, -0.05) is 17.7 Å². The van der Waals surface area contributed by atoms with Crippen LogP contribution in [0.15, 0.2) is 18.2 Å². The van der Waals surface area contributed by atoms with E-state index in [0.29, 0.717) is 4.47 Å². The maximum absolute atomic E-state index is 5.89. The van der Waals surface area contributed by atoms with Gasteiger partial charge in [-0.05, 0) is 17.7 Å². The van der Waals surface area contributed by atoms with Gasteiger partial charge in [0.25, 0.3) is 0 Å². The minimum Gasteiger partial charge on any atom is -0.497 e. The predicted octanol–water partition coefficient (Wildman–Crippen LogP) is 3.38. The Morgan fingerprint density at radius 1 is 1.47 bits per heavy atom. The van der Waals surface area contributed by atoms with Crippen LogP contribution in [0.2, 0.25) is 4.47 Å². The minimum atomic E-state index is 0.619. The molecule has 0 atom stereocenters. The van der Waals surface area contributed by atoms with Crippen molar-refractivity contribution in [3.63, 3.8) is 0 Å². The number of benzene rings is 1. The molecule has 2 nitrogen and oxygen atoms in total. The van der Waals surface area contributed by atoms with Crippen molar-refractivity contribution >= 4 is 22.9 Å². The Labute approximate surface area is 96.5 Å². The second-order valence-corrected chi connectivity index (χ2v) is 5.10. The molecule has 15 heavy (non-hydrogen) atoms. The average molecular weight is 238 g/mol. The number of ether oxygens (including phenoxy) is 1.